The van der Waals surface area contributed by atoms with Gasteiger partial charge in [0.05, 0.1) is 53.7 Å². The number of anilines is 2. The zero-order valence-corrected chi connectivity index (χ0v) is 63.8. The molecule has 0 aliphatic carbocycles. The molecule has 12 aromatic rings. The number of nitrogens with one attached hydrogen (secondary N) is 1. The van der Waals surface area contributed by atoms with Gasteiger partial charge in [-0.1, -0.05) is 173 Å². The van der Waals surface area contributed by atoms with Gasteiger partial charge >= 0.3 is 29.8 Å². The first-order chi connectivity index (χ1) is 52.6. The van der Waals surface area contributed by atoms with Gasteiger partial charge < -0.3 is 39.7 Å². The van der Waals surface area contributed by atoms with Crippen LogP contribution in [0.5, 0.6) is 11.5 Å². The fraction of sp³-hybridized carbons (Fsp3) is 0.0976. The summed E-state index contributed by atoms with van der Waals surface area (Å²) < 4.78 is 97.8. The summed E-state index contributed by atoms with van der Waals surface area (Å²) in [4.78, 5) is 63.7. The summed E-state index contributed by atoms with van der Waals surface area (Å²) in [5.41, 5.74) is 12.5. The number of carbonyl (C=O) groups excluding carboxylic acids is 2. The van der Waals surface area contributed by atoms with Crippen molar-refractivity contribution >= 4 is 105 Å². The fourth-order valence-electron chi connectivity index (χ4n) is 10.6. The number of halogens is 3. The molecule has 0 atom stereocenters. The highest BCUT2D eigenvalue weighted by molar-refractivity contribution is 7.91. The molecular formula is C82H70Cl2FN5O18S3. The maximum absolute atomic E-state index is 13.7. The number of phenols is 1. The maximum atomic E-state index is 13.7. The number of benzene rings is 9. The van der Waals surface area contributed by atoms with Gasteiger partial charge in [-0.25, -0.2) is 49.2 Å². The van der Waals surface area contributed by atoms with E-state index in [1.54, 1.807) is 116 Å². The Balaban J connectivity index is 0.000000171. The summed E-state index contributed by atoms with van der Waals surface area (Å²) in [6, 6.07) is 65.7. The molecule has 13 rings (SSSR count). The number of rotatable bonds is 16. The first-order valence-electron chi connectivity index (χ1n) is 32.9. The Morgan fingerprint density at radius 1 is 0.577 bits per heavy atom. The molecule has 0 fully saturated rings. The Kier molecular flexibility index (Phi) is 28.8. The average Bonchev–Trinajstić information content (AvgIpc) is 1.52. The Bertz CT molecular complexity index is 5740. The van der Waals surface area contributed by atoms with Crippen LogP contribution < -0.4 is 15.2 Å². The second-order valence-corrected chi connectivity index (χ2v) is 30.6. The van der Waals surface area contributed by atoms with Crippen molar-refractivity contribution in [2.45, 2.75) is 48.8 Å². The van der Waals surface area contributed by atoms with Crippen molar-refractivity contribution in [3.05, 3.63) is 310 Å². The molecule has 3 aromatic heterocycles. The van der Waals surface area contributed by atoms with Crippen molar-refractivity contribution < 1.29 is 88.0 Å². The number of carboxylic acids is 3. The van der Waals surface area contributed by atoms with Crippen LogP contribution in [0, 0.1) is 26.6 Å². The summed E-state index contributed by atoms with van der Waals surface area (Å²) in [6.45, 7) is 7.03. The molecule has 4 heterocycles. The third-order valence-corrected chi connectivity index (χ3v) is 19.6. The third kappa shape index (κ3) is 23.7. The van der Waals surface area contributed by atoms with Gasteiger partial charge in [-0.2, -0.15) is 0 Å². The molecule has 0 saturated heterocycles. The molecular weight excluding hydrogens is 1530 g/mol. The Hall–Kier alpha value is -12.5. The number of pyridine rings is 2. The fourth-order valence-corrected chi connectivity index (χ4v) is 12.7. The van der Waals surface area contributed by atoms with E-state index in [2.05, 4.69) is 25.2 Å². The van der Waals surface area contributed by atoms with E-state index >= 15 is 0 Å². The number of aromatic hydroxyl groups is 1. The van der Waals surface area contributed by atoms with Crippen LogP contribution in [-0.4, -0.2) is 110 Å². The largest absolute Gasteiger partial charge is 0.507 e. The number of primary sulfonamides is 1. The van der Waals surface area contributed by atoms with Crippen LogP contribution in [0.2, 0.25) is 10.0 Å². The Labute approximate surface area is 648 Å². The van der Waals surface area contributed by atoms with Crippen LogP contribution in [0.1, 0.15) is 61.3 Å². The lowest BCUT2D eigenvalue weighted by Gasteiger charge is -2.13. The molecule has 0 unspecified atom stereocenters. The maximum Gasteiger partial charge on any atom is 0.339 e. The van der Waals surface area contributed by atoms with Gasteiger partial charge in [0.2, 0.25) is 10.0 Å². The van der Waals surface area contributed by atoms with E-state index in [0.717, 1.165) is 72.7 Å². The molecule has 0 saturated carbocycles. The van der Waals surface area contributed by atoms with Crippen molar-refractivity contribution in [1.82, 2.24) is 15.1 Å². The standard InChI is InChI=1S/C18H15ClN2O2S.C17H14O4S.C16H14N2O3S.C15H13ClFNO2.C9H8O4.C7H6O3/c1-12-3-4-14(10-20-12)18-17(9-15(19)11-21-18)13-5-7-16(8-6-13)24(2,22)23;1-22(19,20)14-9-7-12(8-10-14)15-11-21-17(18)16(15)13-5-3-2-4-6-13;1-11-15(12-7-9-14(10-8-12)22(17,19)20)16(18-21-11)13-5-3-2-4-6-13;1-9-5-6-13(10(7-9)8-14(19)20)18-15-11(16)3-2-4-12(15)17;1-6(10)13-8-5-3-2-4-7(8)9(11)12;8-6-4-2-1-3-5(6)7(9)10/h3-11H,1-2H3;2-10H,11H2,1H3;2-10H,1H3,(H2,17,19,20);2-7,18H,8H2,1H3,(H,19,20);2-5H,1H3,(H,11,12);1-4,8H,(H,9,10). The first-order valence-corrected chi connectivity index (χ1v) is 39.0. The summed E-state index contributed by atoms with van der Waals surface area (Å²) >= 11 is 12.1. The second-order valence-electron chi connectivity index (χ2n) is 24.2. The van der Waals surface area contributed by atoms with Crippen molar-refractivity contribution in [3.63, 3.8) is 0 Å². The van der Waals surface area contributed by atoms with Crippen LogP contribution >= 0.6 is 23.2 Å². The third-order valence-electron chi connectivity index (χ3n) is 15.9. The number of aryl methyl sites for hydroxylation is 3. The van der Waals surface area contributed by atoms with Gasteiger partial charge in [0.1, 0.15) is 46.5 Å². The van der Waals surface area contributed by atoms with Gasteiger partial charge in [-0.15, -0.1) is 0 Å². The quantitative estimate of drug-likeness (QED) is 0.0386. The predicted octanol–water partition coefficient (Wildman–Crippen LogP) is 16.3. The zero-order valence-electron chi connectivity index (χ0n) is 59.9. The number of esters is 2. The lowest BCUT2D eigenvalue weighted by Crippen LogP contribution is -2.11. The van der Waals surface area contributed by atoms with E-state index in [0.29, 0.717) is 27.6 Å². The van der Waals surface area contributed by atoms with Gasteiger partial charge in [-0.3, -0.25) is 19.6 Å². The molecule has 7 N–H and O–H groups in total. The minimum absolute atomic E-state index is 0.0160. The van der Waals surface area contributed by atoms with Crippen LogP contribution in [-0.2, 0) is 55.2 Å². The Morgan fingerprint density at radius 3 is 1.65 bits per heavy atom. The molecule has 23 nitrogen and oxygen atoms in total. The number of ether oxygens (including phenoxy) is 2. The number of nitrogens with zero attached hydrogens (tertiary/aromatic N) is 3. The highest BCUT2D eigenvalue weighted by atomic mass is 35.5. The SMILES string of the molecule is CC(=O)Oc1ccccc1C(=O)O.CS(=O)(=O)c1ccc(C2=C(c3ccccc3)C(=O)OC2)cc1.Cc1ccc(-c2ncc(Cl)cc2-c2ccc(S(C)(=O)=O)cc2)cn1.Cc1ccc(Nc2c(F)cccc2Cl)c(CC(=O)O)c1.Cc1onc(-c2ccccc2)c1-c1ccc(S(N)(=O)=O)cc1.O=C(O)c1ccccc1O. The zero-order chi connectivity index (χ0) is 80.9. The normalized spacial score (nSPS) is 11.5. The lowest BCUT2D eigenvalue weighted by molar-refractivity contribution is -0.136. The van der Waals surface area contributed by atoms with E-state index in [4.69, 9.17) is 58.0 Å². The monoisotopic (exact) mass is 1600 g/mol. The molecule has 9 aromatic carbocycles. The van der Waals surface area contributed by atoms with E-state index < -0.39 is 59.4 Å². The van der Waals surface area contributed by atoms with Crippen LogP contribution in [0.3, 0.4) is 0 Å². The predicted molar refractivity (Wildman–Crippen MR) is 420 cm³/mol. The summed E-state index contributed by atoms with van der Waals surface area (Å²) in [6.07, 6.45) is 5.56. The smallest absolute Gasteiger partial charge is 0.339 e. The number of carbonyl (C=O) groups is 5. The summed E-state index contributed by atoms with van der Waals surface area (Å²) in [5.74, 6) is -4.01. The number of aromatic nitrogens is 3. The summed E-state index contributed by atoms with van der Waals surface area (Å²) in [7, 11) is -10.2. The number of cyclic esters (lactones) is 1. The molecule has 0 spiro atoms. The Morgan fingerprint density at radius 2 is 1.12 bits per heavy atom. The van der Waals surface area contributed by atoms with Crippen LogP contribution in [0.4, 0.5) is 15.8 Å². The molecule has 111 heavy (non-hydrogen) atoms. The summed E-state index contributed by atoms with van der Waals surface area (Å²) in [5, 5.41) is 47.8. The minimum Gasteiger partial charge on any atom is -0.507 e. The van der Waals surface area contributed by atoms with Gasteiger partial charge in [-0.05, 0) is 146 Å². The van der Waals surface area contributed by atoms with E-state index in [1.165, 1.54) is 68.0 Å². The first kappa shape index (κ1) is 84.1. The number of sulfonamides is 1. The molecule has 0 amide bonds. The highest BCUT2D eigenvalue weighted by Gasteiger charge is 2.28. The number of hydrogen-bond acceptors (Lipinski definition) is 19. The van der Waals surface area contributed by atoms with E-state index in [9.17, 15) is 53.6 Å². The topological polar surface area (TPSA) is 377 Å². The number of sulfone groups is 2. The molecule has 1 aliphatic heterocycles. The highest BCUT2D eigenvalue weighted by Crippen LogP contribution is 2.38. The van der Waals surface area contributed by atoms with Gasteiger partial charge in [0.15, 0.2) is 19.7 Å². The number of aromatic carboxylic acids is 2. The molecule has 0 bridgehead atoms. The van der Waals surface area contributed by atoms with Crippen LogP contribution in [0.25, 0.3) is 55.9 Å². The average molecular weight is 1600 g/mol. The number of carboxylic acid groups (broad SMARTS) is 3. The van der Waals surface area contributed by atoms with Crippen molar-refractivity contribution in [2.75, 3.05) is 24.4 Å². The lowest BCUT2D eigenvalue weighted by atomic mass is 9.97. The molecule has 1 aliphatic rings. The molecule has 29 heteroatoms. The second kappa shape index (κ2) is 38.0. The van der Waals surface area contributed by atoms with Gasteiger partial charge in [0.25, 0.3) is 0 Å². The van der Waals surface area contributed by atoms with Crippen molar-refractivity contribution in [2.24, 2.45) is 5.14 Å². The van der Waals surface area contributed by atoms with E-state index in [-0.39, 0.29) is 67.0 Å². The molecule has 0 radical (unpaired) electrons. The number of aliphatic carboxylic acids is 1. The number of nitrogens with two attached hydrogens (primary N) is 1. The van der Waals surface area contributed by atoms with Gasteiger partial charge in [0, 0.05) is 65.5 Å². The number of hydrogen-bond donors (Lipinski definition) is 6. The van der Waals surface area contributed by atoms with Crippen molar-refractivity contribution in [1.29, 1.82) is 0 Å². The van der Waals surface area contributed by atoms with E-state index in [1.807, 2.05) is 106 Å². The molecule has 570 valence electrons. The number of para-hydroxylation sites is 3. The minimum atomic E-state index is -3.70. The van der Waals surface area contributed by atoms with Crippen LogP contribution in [0.15, 0.2) is 268 Å². The van der Waals surface area contributed by atoms with Crippen molar-refractivity contribution in [3.8, 4) is 56.3 Å².